The third-order valence-corrected chi connectivity index (χ3v) is 6.20. The van der Waals surface area contributed by atoms with Gasteiger partial charge in [-0.2, -0.15) is 0 Å². The van der Waals surface area contributed by atoms with E-state index in [4.69, 9.17) is 20.2 Å². The normalized spacial score (nSPS) is 23.8. The minimum absolute atomic E-state index is 0.182. The van der Waals surface area contributed by atoms with Crippen LogP contribution in [0, 0.1) is 0 Å². The molecule has 0 bridgehead atoms. The Kier molecular flexibility index (Phi) is 4.77. The lowest BCUT2D eigenvalue weighted by Crippen LogP contribution is -2.51. The Hall–Kier alpha value is -4.01. The van der Waals surface area contributed by atoms with Gasteiger partial charge in [0.05, 0.1) is 19.0 Å². The van der Waals surface area contributed by atoms with E-state index in [1.807, 2.05) is 37.3 Å². The average Bonchev–Trinajstić information content (AvgIpc) is 3.03. The standard InChI is InChI=1S/C24H24N6O3/c1-23(9-15-4-6-17(32-3)7-5-15)13-24(21(31)30(2)22(25)29-24)18-8-19(28-12-20(18)33-23)16-10-26-14-27-11-16/h4-8,10-12,14H,9,13H2,1-3H3,(H2,25,29)/t23-,24-/m1/s1. The van der Waals surface area contributed by atoms with Gasteiger partial charge in [0.15, 0.2) is 11.5 Å². The van der Waals surface area contributed by atoms with Crippen molar-refractivity contribution in [3.8, 4) is 22.8 Å². The van der Waals surface area contributed by atoms with Gasteiger partial charge in [-0.3, -0.25) is 14.7 Å². The van der Waals surface area contributed by atoms with Crippen LogP contribution >= 0.6 is 0 Å². The van der Waals surface area contributed by atoms with Crippen molar-refractivity contribution in [2.24, 2.45) is 10.7 Å². The second-order valence-corrected chi connectivity index (χ2v) is 8.64. The summed E-state index contributed by atoms with van der Waals surface area (Å²) in [6.45, 7) is 1.98. The minimum Gasteiger partial charge on any atom is -0.497 e. The maximum Gasteiger partial charge on any atom is 0.261 e. The predicted molar refractivity (Wildman–Crippen MR) is 122 cm³/mol. The number of hydrogen-bond donors (Lipinski definition) is 1. The molecule has 0 unspecified atom stereocenters. The molecule has 33 heavy (non-hydrogen) atoms. The monoisotopic (exact) mass is 444 g/mol. The molecule has 3 aromatic rings. The molecule has 0 radical (unpaired) electrons. The van der Waals surface area contributed by atoms with Crippen LogP contribution in [0.15, 0.2) is 60.2 Å². The van der Waals surface area contributed by atoms with Crippen LogP contribution in [0.1, 0.15) is 24.5 Å². The summed E-state index contributed by atoms with van der Waals surface area (Å²) in [6.07, 6.45) is 7.34. The number of carbonyl (C=O) groups excluding carboxylic acids is 1. The summed E-state index contributed by atoms with van der Waals surface area (Å²) < 4.78 is 11.7. The number of benzene rings is 1. The molecule has 1 aromatic carbocycles. The van der Waals surface area contributed by atoms with Crippen LogP contribution in [0.4, 0.5) is 0 Å². The number of nitrogens with zero attached hydrogens (tertiary/aromatic N) is 5. The van der Waals surface area contributed by atoms with Crippen molar-refractivity contribution < 1.29 is 14.3 Å². The largest absolute Gasteiger partial charge is 0.497 e. The lowest BCUT2D eigenvalue weighted by molar-refractivity contribution is -0.133. The van der Waals surface area contributed by atoms with Gasteiger partial charge in [0, 0.05) is 43.4 Å². The van der Waals surface area contributed by atoms with Gasteiger partial charge in [-0.25, -0.2) is 15.0 Å². The van der Waals surface area contributed by atoms with Crippen LogP contribution in [0.25, 0.3) is 11.3 Å². The number of nitrogens with two attached hydrogens (primary N) is 1. The Morgan fingerprint density at radius 2 is 1.91 bits per heavy atom. The second-order valence-electron chi connectivity index (χ2n) is 8.64. The lowest BCUT2D eigenvalue weighted by atomic mass is 9.75. The molecule has 2 aromatic heterocycles. The second kappa shape index (κ2) is 7.54. The molecule has 2 aliphatic heterocycles. The van der Waals surface area contributed by atoms with Crippen LogP contribution in [0.2, 0.25) is 0 Å². The smallest absolute Gasteiger partial charge is 0.261 e. The fourth-order valence-electron chi connectivity index (χ4n) is 4.64. The summed E-state index contributed by atoms with van der Waals surface area (Å²) >= 11 is 0. The molecule has 0 saturated heterocycles. The number of guanidine groups is 1. The first-order chi connectivity index (χ1) is 15.8. The van der Waals surface area contributed by atoms with Crippen LogP contribution < -0.4 is 15.2 Å². The van der Waals surface area contributed by atoms with Gasteiger partial charge in [0.25, 0.3) is 5.91 Å². The molecule has 168 valence electrons. The quantitative estimate of drug-likeness (QED) is 0.656. The number of aromatic nitrogens is 3. The number of rotatable bonds is 4. The number of ether oxygens (including phenoxy) is 2. The molecule has 4 heterocycles. The van der Waals surface area contributed by atoms with E-state index < -0.39 is 11.1 Å². The number of pyridine rings is 1. The van der Waals surface area contributed by atoms with Crippen molar-refractivity contribution in [2.75, 3.05) is 14.2 Å². The first-order valence-corrected chi connectivity index (χ1v) is 10.5. The van der Waals surface area contributed by atoms with E-state index in [2.05, 4.69) is 15.0 Å². The molecule has 0 saturated carbocycles. The fourth-order valence-corrected chi connectivity index (χ4v) is 4.64. The van der Waals surface area contributed by atoms with E-state index in [0.29, 0.717) is 29.8 Å². The minimum atomic E-state index is -1.19. The molecule has 2 aliphatic rings. The maximum absolute atomic E-state index is 13.5. The lowest BCUT2D eigenvalue weighted by Gasteiger charge is -2.43. The Morgan fingerprint density at radius 3 is 2.55 bits per heavy atom. The van der Waals surface area contributed by atoms with Gasteiger partial charge in [-0.15, -0.1) is 0 Å². The highest BCUT2D eigenvalue weighted by Gasteiger charge is 2.56. The van der Waals surface area contributed by atoms with Gasteiger partial charge in [-0.05, 0) is 30.7 Å². The van der Waals surface area contributed by atoms with E-state index in [1.54, 1.807) is 32.7 Å². The molecule has 1 amide bonds. The average molecular weight is 444 g/mol. The van der Waals surface area contributed by atoms with Crippen molar-refractivity contribution in [1.82, 2.24) is 19.9 Å². The summed E-state index contributed by atoms with van der Waals surface area (Å²) in [5.74, 6) is 1.29. The Labute approximate surface area is 191 Å². The number of hydrogen-bond acceptors (Lipinski definition) is 8. The summed E-state index contributed by atoms with van der Waals surface area (Å²) in [4.78, 5) is 32.3. The molecule has 1 spiro atoms. The number of methoxy groups -OCH3 is 1. The first kappa shape index (κ1) is 20.9. The van der Waals surface area contributed by atoms with Gasteiger partial charge in [0.1, 0.15) is 23.4 Å². The topological polar surface area (TPSA) is 116 Å². The summed E-state index contributed by atoms with van der Waals surface area (Å²) in [5.41, 5.74) is 7.27. The summed E-state index contributed by atoms with van der Waals surface area (Å²) in [7, 11) is 3.27. The number of aliphatic imine (C=N–C) groups is 1. The van der Waals surface area contributed by atoms with Gasteiger partial charge in [-0.1, -0.05) is 12.1 Å². The van der Waals surface area contributed by atoms with E-state index in [-0.39, 0.29) is 11.9 Å². The number of fused-ring (bicyclic) bond motifs is 2. The van der Waals surface area contributed by atoms with Crippen LogP contribution in [-0.4, -0.2) is 51.5 Å². The highest BCUT2D eigenvalue weighted by Crippen LogP contribution is 2.50. The third kappa shape index (κ3) is 3.45. The van der Waals surface area contributed by atoms with E-state index in [9.17, 15) is 4.79 Å². The molecule has 9 heteroatoms. The summed E-state index contributed by atoms with van der Waals surface area (Å²) in [5, 5.41) is 0. The van der Waals surface area contributed by atoms with Gasteiger partial charge < -0.3 is 15.2 Å². The van der Waals surface area contributed by atoms with Crippen molar-refractivity contribution in [2.45, 2.75) is 30.9 Å². The molecule has 0 aliphatic carbocycles. The highest BCUT2D eigenvalue weighted by molar-refractivity contribution is 6.07. The molecule has 5 rings (SSSR count). The Balaban J connectivity index is 1.60. The third-order valence-electron chi connectivity index (χ3n) is 6.20. The molecular weight excluding hydrogens is 420 g/mol. The number of carbonyl (C=O) groups is 1. The molecule has 9 nitrogen and oxygen atoms in total. The van der Waals surface area contributed by atoms with E-state index in [0.717, 1.165) is 16.9 Å². The zero-order valence-electron chi connectivity index (χ0n) is 18.6. The van der Waals surface area contributed by atoms with Crippen LogP contribution in [-0.2, 0) is 16.8 Å². The molecule has 0 fully saturated rings. The fraction of sp³-hybridized carbons (Fsp3) is 0.292. The van der Waals surface area contributed by atoms with E-state index >= 15 is 0 Å². The number of amides is 1. The molecule has 2 atom stereocenters. The van der Waals surface area contributed by atoms with Crippen molar-refractivity contribution in [3.05, 3.63) is 66.4 Å². The zero-order valence-corrected chi connectivity index (χ0v) is 18.6. The van der Waals surface area contributed by atoms with Crippen LogP contribution in [0.5, 0.6) is 11.5 Å². The Bertz CT molecular complexity index is 1250. The van der Waals surface area contributed by atoms with E-state index in [1.165, 1.54) is 11.2 Å². The predicted octanol–water partition coefficient (Wildman–Crippen LogP) is 2.31. The summed E-state index contributed by atoms with van der Waals surface area (Å²) in [6, 6.07) is 9.63. The molecular formula is C24H24N6O3. The van der Waals surface area contributed by atoms with Crippen molar-refractivity contribution in [1.29, 1.82) is 0 Å². The van der Waals surface area contributed by atoms with Gasteiger partial charge >= 0.3 is 0 Å². The van der Waals surface area contributed by atoms with Gasteiger partial charge in [0.2, 0.25) is 0 Å². The zero-order chi connectivity index (χ0) is 23.2. The highest BCUT2D eigenvalue weighted by atomic mass is 16.5. The Morgan fingerprint density at radius 1 is 1.18 bits per heavy atom. The first-order valence-electron chi connectivity index (χ1n) is 10.5. The maximum atomic E-state index is 13.5. The van der Waals surface area contributed by atoms with Crippen LogP contribution in [0.3, 0.4) is 0 Å². The number of likely N-dealkylation sites (N-methyl/N-ethyl adjacent to an activating group) is 1. The molecule has 2 N–H and O–H groups in total. The SMILES string of the molecule is COc1ccc(C[C@]2(C)C[C@@]3(N=C(N)N(C)C3=O)c3cc(-c4cncnc4)ncc3O2)cc1. The van der Waals surface area contributed by atoms with Crippen molar-refractivity contribution >= 4 is 11.9 Å². The van der Waals surface area contributed by atoms with Crippen molar-refractivity contribution in [3.63, 3.8) is 0 Å².